The highest BCUT2D eigenvalue weighted by molar-refractivity contribution is 5.92. The Bertz CT molecular complexity index is 432. The summed E-state index contributed by atoms with van der Waals surface area (Å²) in [6.45, 7) is 3.39. The van der Waals surface area contributed by atoms with Crippen molar-refractivity contribution in [2.24, 2.45) is 0 Å². The smallest absolute Gasteiger partial charge is 0.272 e. The number of amides is 1. The van der Waals surface area contributed by atoms with E-state index < -0.39 is 0 Å². The molecule has 0 aromatic carbocycles. The van der Waals surface area contributed by atoms with Gasteiger partial charge in [0.05, 0.1) is 17.5 Å². The van der Waals surface area contributed by atoms with Gasteiger partial charge in [0.2, 0.25) is 0 Å². The van der Waals surface area contributed by atoms with Crippen LogP contribution in [0.3, 0.4) is 0 Å². The summed E-state index contributed by atoms with van der Waals surface area (Å²) in [5, 5.41) is 0. The number of rotatable bonds is 2. The van der Waals surface area contributed by atoms with Gasteiger partial charge in [-0.3, -0.25) is 4.79 Å². The van der Waals surface area contributed by atoms with Gasteiger partial charge in [-0.2, -0.15) is 0 Å². The number of aromatic nitrogens is 1. The summed E-state index contributed by atoms with van der Waals surface area (Å²) in [7, 11) is 1.69. The summed E-state index contributed by atoms with van der Waals surface area (Å²) in [4.78, 5) is 18.1. The van der Waals surface area contributed by atoms with Crippen molar-refractivity contribution < 1.29 is 9.53 Å². The molecule has 1 unspecified atom stereocenters. The van der Waals surface area contributed by atoms with Gasteiger partial charge in [0.1, 0.15) is 5.69 Å². The van der Waals surface area contributed by atoms with Crippen molar-refractivity contribution in [1.29, 1.82) is 0 Å². The normalized spacial score (nSPS) is 24.0. The number of likely N-dealkylation sites (tertiary alicyclic amines) is 1. The second-order valence-corrected chi connectivity index (χ2v) is 4.96. The van der Waals surface area contributed by atoms with E-state index in [4.69, 9.17) is 10.5 Å². The van der Waals surface area contributed by atoms with Crippen LogP contribution >= 0.6 is 0 Å². The lowest BCUT2D eigenvalue weighted by Crippen LogP contribution is -2.49. The molecule has 0 bridgehead atoms. The third kappa shape index (κ3) is 2.61. The molecule has 18 heavy (non-hydrogen) atoms. The molecular formula is C13H19N3O2. The maximum absolute atomic E-state index is 12.3. The second kappa shape index (κ2) is 4.94. The molecule has 98 valence electrons. The Balaban J connectivity index is 2.11. The number of piperidine rings is 1. The van der Waals surface area contributed by atoms with E-state index in [1.165, 1.54) is 6.20 Å². The van der Waals surface area contributed by atoms with E-state index >= 15 is 0 Å². The van der Waals surface area contributed by atoms with Gasteiger partial charge in [0.25, 0.3) is 5.91 Å². The molecular weight excluding hydrogens is 230 g/mol. The number of hydrogen-bond donors (Lipinski definition) is 1. The van der Waals surface area contributed by atoms with Crippen LogP contribution in [0.4, 0.5) is 5.69 Å². The number of carbonyl (C=O) groups is 1. The summed E-state index contributed by atoms with van der Waals surface area (Å²) in [5.74, 6) is -0.0574. The van der Waals surface area contributed by atoms with Gasteiger partial charge < -0.3 is 15.4 Å². The first-order valence-electron chi connectivity index (χ1n) is 6.10. The summed E-state index contributed by atoms with van der Waals surface area (Å²) >= 11 is 0. The maximum atomic E-state index is 12.3. The zero-order valence-corrected chi connectivity index (χ0v) is 10.8. The van der Waals surface area contributed by atoms with Crippen molar-refractivity contribution in [3.05, 3.63) is 24.0 Å². The van der Waals surface area contributed by atoms with Crippen molar-refractivity contribution in [2.75, 3.05) is 25.9 Å². The first kappa shape index (κ1) is 12.8. The van der Waals surface area contributed by atoms with E-state index in [-0.39, 0.29) is 11.5 Å². The molecule has 1 aliphatic heterocycles. The number of pyridine rings is 1. The van der Waals surface area contributed by atoms with Gasteiger partial charge >= 0.3 is 0 Å². The highest BCUT2D eigenvalue weighted by Crippen LogP contribution is 2.24. The molecule has 1 aromatic rings. The lowest BCUT2D eigenvalue weighted by atomic mass is 9.94. The van der Waals surface area contributed by atoms with Crippen LogP contribution in [-0.4, -0.2) is 41.6 Å². The fraction of sp³-hybridized carbons (Fsp3) is 0.538. The van der Waals surface area contributed by atoms with E-state index in [1.54, 1.807) is 24.1 Å². The third-order valence-corrected chi connectivity index (χ3v) is 3.44. The van der Waals surface area contributed by atoms with Gasteiger partial charge in [-0.1, -0.05) is 0 Å². The van der Waals surface area contributed by atoms with Crippen LogP contribution in [0.25, 0.3) is 0 Å². The number of carbonyl (C=O) groups excluding carboxylic acids is 1. The molecule has 2 heterocycles. The molecule has 1 aliphatic rings. The molecule has 1 atom stereocenters. The predicted molar refractivity (Wildman–Crippen MR) is 69.2 cm³/mol. The third-order valence-electron chi connectivity index (χ3n) is 3.44. The Hall–Kier alpha value is -1.62. The quantitative estimate of drug-likeness (QED) is 0.858. The van der Waals surface area contributed by atoms with Crippen LogP contribution in [-0.2, 0) is 4.74 Å². The molecule has 1 amide bonds. The number of anilines is 1. The minimum absolute atomic E-state index is 0.0574. The molecule has 0 spiro atoms. The van der Waals surface area contributed by atoms with Crippen molar-refractivity contribution in [3.63, 3.8) is 0 Å². The van der Waals surface area contributed by atoms with Gasteiger partial charge in [-0.15, -0.1) is 0 Å². The fourth-order valence-corrected chi connectivity index (χ4v) is 2.24. The average molecular weight is 249 g/mol. The zero-order valence-electron chi connectivity index (χ0n) is 10.8. The number of methoxy groups -OCH3 is 1. The number of nitrogens with zero attached hydrogens (tertiary/aromatic N) is 2. The molecule has 2 rings (SSSR count). The van der Waals surface area contributed by atoms with Gasteiger partial charge in [-0.05, 0) is 31.9 Å². The lowest BCUT2D eigenvalue weighted by Gasteiger charge is -2.39. The summed E-state index contributed by atoms with van der Waals surface area (Å²) < 4.78 is 5.48. The Kier molecular flexibility index (Phi) is 3.52. The first-order valence-corrected chi connectivity index (χ1v) is 6.10. The molecule has 5 heteroatoms. The van der Waals surface area contributed by atoms with Crippen molar-refractivity contribution in [3.8, 4) is 0 Å². The maximum Gasteiger partial charge on any atom is 0.272 e. The summed E-state index contributed by atoms with van der Waals surface area (Å²) in [5.41, 5.74) is 6.31. The van der Waals surface area contributed by atoms with Crippen LogP contribution in [0.2, 0.25) is 0 Å². The monoisotopic (exact) mass is 249 g/mol. The van der Waals surface area contributed by atoms with Crippen molar-refractivity contribution in [2.45, 2.75) is 25.4 Å². The van der Waals surface area contributed by atoms with Crippen LogP contribution < -0.4 is 5.73 Å². The number of nitrogens with two attached hydrogens (primary N) is 1. The Morgan fingerprint density at radius 1 is 1.56 bits per heavy atom. The van der Waals surface area contributed by atoms with Gasteiger partial charge in [-0.25, -0.2) is 4.98 Å². The Labute approximate surface area is 107 Å². The molecule has 0 radical (unpaired) electrons. The largest absolute Gasteiger partial charge is 0.397 e. The number of nitrogen functional groups attached to an aromatic ring is 1. The van der Waals surface area contributed by atoms with Crippen LogP contribution in [0.1, 0.15) is 30.3 Å². The zero-order chi connectivity index (χ0) is 13.2. The highest BCUT2D eigenvalue weighted by Gasteiger charge is 2.33. The molecule has 1 aromatic heterocycles. The standard InChI is InChI=1S/C13H19N3O2/c1-13(18-2)6-3-7-16(9-13)12(17)11-5-4-10(14)8-15-11/h4-5,8H,3,6-7,9,14H2,1-2H3. The second-order valence-electron chi connectivity index (χ2n) is 4.96. The van der Waals surface area contributed by atoms with Gasteiger partial charge in [0, 0.05) is 20.2 Å². The van der Waals surface area contributed by atoms with E-state index in [2.05, 4.69) is 4.98 Å². The molecule has 2 N–H and O–H groups in total. The first-order chi connectivity index (χ1) is 8.54. The summed E-state index contributed by atoms with van der Waals surface area (Å²) in [6.07, 6.45) is 3.43. The van der Waals surface area contributed by atoms with Crippen LogP contribution in [0, 0.1) is 0 Å². The van der Waals surface area contributed by atoms with Crippen molar-refractivity contribution >= 4 is 11.6 Å². The van der Waals surface area contributed by atoms with Crippen LogP contribution in [0.5, 0.6) is 0 Å². The molecule has 0 aliphatic carbocycles. The molecule has 0 saturated carbocycles. The van der Waals surface area contributed by atoms with Gasteiger partial charge in [0.15, 0.2) is 0 Å². The molecule has 1 saturated heterocycles. The van der Waals surface area contributed by atoms with E-state index in [9.17, 15) is 4.79 Å². The fourth-order valence-electron chi connectivity index (χ4n) is 2.24. The van der Waals surface area contributed by atoms with Crippen molar-refractivity contribution in [1.82, 2.24) is 9.88 Å². The van der Waals surface area contributed by atoms with E-state index in [1.807, 2.05) is 6.92 Å². The SMILES string of the molecule is COC1(C)CCCN(C(=O)c2ccc(N)cn2)C1. The minimum atomic E-state index is -0.248. The topological polar surface area (TPSA) is 68.5 Å². The Morgan fingerprint density at radius 2 is 2.33 bits per heavy atom. The summed E-state index contributed by atoms with van der Waals surface area (Å²) in [6, 6.07) is 3.36. The molecule has 1 fully saturated rings. The number of hydrogen-bond acceptors (Lipinski definition) is 4. The Morgan fingerprint density at radius 3 is 2.94 bits per heavy atom. The minimum Gasteiger partial charge on any atom is -0.397 e. The van der Waals surface area contributed by atoms with E-state index in [0.29, 0.717) is 17.9 Å². The number of ether oxygens (including phenoxy) is 1. The lowest BCUT2D eigenvalue weighted by molar-refractivity contribution is -0.0441. The van der Waals surface area contributed by atoms with E-state index in [0.717, 1.165) is 19.4 Å². The molecule has 5 nitrogen and oxygen atoms in total. The average Bonchev–Trinajstić information content (AvgIpc) is 2.39. The highest BCUT2D eigenvalue weighted by atomic mass is 16.5. The van der Waals surface area contributed by atoms with Crippen LogP contribution in [0.15, 0.2) is 18.3 Å². The predicted octanol–water partition coefficient (Wildman–Crippen LogP) is 1.30.